The molecule has 4 rings (SSSR count). The summed E-state index contributed by atoms with van der Waals surface area (Å²) in [7, 11) is 0. The van der Waals surface area contributed by atoms with Gasteiger partial charge >= 0.3 is 0 Å². The van der Waals surface area contributed by atoms with Crippen molar-refractivity contribution in [3.8, 4) is 0 Å². The summed E-state index contributed by atoms with van der Waals surface area (Å²) in [4.78, 5) is 63.8. The molecule has 1 aromatic rings. The van der Waals surface area contributed by atoms with Crippen LogP contribution in [-0.4, -0.2) is 66.0 Å². The Hall–Kier alpha value is -3.64. The molecule has 5 atom stereocenters. The minimum absolute atomic E-state index is 0.0302. The molecule has 0 unspecified atom stereocenters. The summed E-state index contributed by atoms with van der Waals surface area (Å²) < 4.78 is 41.1. The SMILES string of the molecule is CC1(C)[C@@H]2[C@@H](C(=O)N[C@@H](C[C@@H]3CCNC3=O)C(=O)C(N)=O)N(C(=O)CNc3c(F)cc(F)cc3F)C[C@@H]21. The largest absolute Gasteiger partial charge is 0.371 e. The van der Waals surface area contributed by atoms with Crippen LogP contribution in [0.1, 0.15) is 26.7 Å². The lowest BCUT2D eigenvalue weighted by atomic mass is 9.94. The van der Waals surface area contributed by atoms with Gasteiger partial charge in [0.05, 0.1) is 12.6 Å². The quantitative estimate of drug-likeness (QED) is 0.336. The second-order valence-corrected chi connectivity index (χ2v) is 10.3. The lowest BCUT2D eigenvalue weighted by Gasteiger charge is -2.31. The van der Waals surface area contributed by atoms with Crippen LogP contribution in [0.4, 0.5) is 18.9 Å². The Labute approximate surface area is 210 Å². The van der Waals surface area contributed by atoms with Gasteiger partial charge in [-0.25, -0.2) is 13.2 Å². The Balaban J connectivity index is 1.49. The van der Waals surface area contributed by atoms with Crippen molar-refractivity contribution in [3.63, 3.8) is 0 Å². The van der Waals surface area contributed by atoms with Gasteiger partial charge in [-0.15, -0.1) is 0 Å². The van der Waals surface area contributed by atoms with Crippen LogP contribution in [0.15, 0.2) is 12.1 Å². The van der Waals surface area contributed by atoms with E-state index in [0.717, 1.165) is 0 Å². The van der Waals surface area contributed by atoms with Crippen LogP contribution in [0.5, 0.6) is 0 Å². The third-order valence-corrected chi connectivity index (χ3v) is 7.78. The molecule has 3 fully saturated rings. The first-order valence-corrected chi connectivity index (χ1v) is 11.9. The maximum atomic E-state index is 14.0. The van der Waals surface area contributed by atoms with Crippen LogP contribution in [0.25, 0.3) is 0 Å². The summed E-state index contributed by atoms with van der Waals surface area (Å²) >= 11 is 0. The number of nitrogens with one attached hydrogen (secondary N) is 3. The number of anilines is 1. The van der Waals surface area contributed by atoms with E-state index in [-0.39, 0.29) is 36.1 Å². The zero-order valence-electron chi connectivity index (χ0n) is 20.3. The number of rotatable bonds is 9. The standard InChI is InChI=1S/C24H28F3N5O5/c1-24(2)12-9-32(16(33)8-30-18-13(26)6-11(25)7-14(18)27)19(17(12)24)23(37)31-15(20(34)21(28)35)5-10-3-4-29-22(10)36/h6-7,10,12,15,17,19,30H,3-5,8-9H2,1-2H3,(H2,28,35)(H,29,36)(H,31,37)/t10-,12-,15-,17-,19-/m0/s1. The Bertz CT molecular complexity index is 1150. The molecule has 4 amide bonds. The lowest BCUT2D eigenvalue weighted by Crippen LogP contribution is -2.56. The first kappa shape index (κ1) is 26.4. The van der Waals surface area contributed by atoms with Crippen molar-refractivity contribution in [2.45, 2.75) is 38.8 Å². The average molecular weight is 524 g/mol. The molecule has 3 aliphatic rings. The van der Waals surface area contributed by atoms with Crippen LogP contribution in [-0.2, 0) is 24.0 Å². The topological polar surface area (TPSA) is 151 Å². The van der Waals surface area contributed by atoms with E-state index in [9.17, 15) is 37.1 Å². The summed E-state index contributed by atoms with van der Waals surface area (Å²) in [6.45, 7) is 3.89. The molecule has 2 aliphatic heterocycles. The molecule has 0 bridgehead atoms. The number of halogens is 3. The number of amides is 4. The summed E-state index contributed by atoms with van der Waals surface area (Å²) in [6.07, 6.45) is 0.299. The molecule has 1 saturated carbocycles. The lowest BCUT2D eigenvalue weighted by molar-refractivity contribution is -0.142. The van der Waals surface area contributed by atoms with Gasteiger partial charge in [-0.05, 0) is 30.1 Å². The smallest absolute Gasteiger partial charge is 0.287 e. The molecule has 200 valence electrons. The molecule has 1 aliphatic carbocycles. The molecule has 13 heteroatoms. The van der Waals surface area contributed by atoms with Crippen molar-refractivity contribution in [3.05, 3.63) is 29.6 Å². The molecular weight excluding hydrogens is 495 g/mol. The van der Waals surface area contributed by atoms with E-state index in [1.807, 2.05) is 13.8 Å². The van der Waals surface area contributed by atoms with Crippen LogP contribution in [0.3, 0.4) is 0 Å². The van der Waals surface area contributed by atoms with Crippen molar-refractivity contribution in [1.82, 2.24) is 15.5 Å². The Morgan fingerprint density at radius 3 is 2.41 bits per heavy atom. The number of Topliss-reactive ketones (excluding diaryl/α,β-unsaturated/α-hetero) is 1. The number of nitrogens with two attached hydrogens (primary N) is 1. The fourth-order valence-corrected chi connectivity index (χ4v) is 5.63. The zero-order chi connectivity index (χ0) is 27.2. The van der Waals surface area contributed by atoms with Crippen LogP contribution in [0.2, 0.25) is 0 Å². The van der Waals surface area contributed by atoms with Crippen molar-refractivity contribution in [2.24, 2.45) is 28.9 Å². The van der Waals surface area contributed by atoms with E-state index >= 15 is 0 Å². The highest BCUT2D eigenvalue weighted by atomic mass is 19.1. The highest BCUT2D eigenvalue weighted by Gasteiger charge is 2.69. The molecule has 37 heavy (non-hydrogen) atoms. The van der Waals surface area contributed by atoms with E-state index in [0.29, 0.717) is 25.1 Å². The van der Waals surface area contributed by atoms with Crippen molar-refractivity contribution >= 4 is 35.1 Å². The zero-order valence-corrected chi connectivity index (χ0v) is 20.3. The maximum Gasteiger partial charge on any atom is 0.287 e. The highest BCUT2D eigenvalue weighted by Crippen LogP contribution is 2.64. The molecule has 2 heterocycles. The third kappa shape index (κ3) is 4.98. The van der Waals surface area contributed by atoms with Crippen molar-refractivity contribution < 1.29 is 37.1 Å². The fraction of sp³-hybridized carbons (Fsp3) is 0.542. The number of piperidine rings is 1. The van der Waals surface area contributed by atoms with Crippen LogP contribution >= 0.6 is 0 Å². The third-order valence-electron chi connectivity index (χ3n) is 7.78. The minimum Gasteiger partial charge on any atom is -0.371 e. The molecular formula is C24H28F3N5O5. The Kier molecular flexibility index (Phi) is 6.91. The average Bonchev–Trinajstić information content (AvgIpc) is 3.17. The van der Waals surface area contributed by atoms with Gasteiger partial charge in [0.25, 0.3) is 5.91 Å². The molecule has 0 aromatic heterocycles. The molecule has 1 aromatic carbocycles. The van der Waals surface area contributed by atoms with Gasteiger partial charge in [0.1, 0.15) is 17.5 Å². The van der Waals surface area contributed by atoms with E-state index in [4.69, 9.17) is 5.73 Å². The number of ketones is 1. The number of benzene rings is 1. The van der Waals surface area contributed by atoms with Gasteiger partial charge in [0, 0.05) is 31.1 Å². The number of hydrogen-bond donors (Lipinski definition) is 4. The highest BCUT2D eigenvalue weighted by molar-refractivity contribution is 6.38. The first-order chi connectivity index (χ1) is 17.3. The molecule has 0 radical (unpaired) electrons. The number of likely N-dealkylation sites (tertiary alicyclic amines) is 1. The first-order valence-electron chi connectivity index (χ1n) is 11.9. The predicted molar refractivity (Wildman–Crippen MR) is 123 cm³/mol. The predicted octanol–water partition coefficient (Wildman–Crippen LogP) is 0.0642. The summed E-state index contributed by atoms with van der Waals surface area (Å²) in [6, 6.07) is -1.42. The van der Waals surface area contributed by atoms with E-state index in [1.54, 1.807) is 0 Å². The number of primary amides is 1. The van der Waals surface area contributed by atoms with Crippen LogP contribution in [0, 0.1) is 40.6 Å². The monoisotopic (exact) mass is 523 g/mol. The molecule has 0 spiro atoms. The Morgan fingerprint density at radius 2 is 1.84 bits per heavy atom. The van der Waals surface area contributed by atoms with E-state index in [1.165, 1.54) is 4.90 Å². The van der Waals surface area contributed by atoms with E-state index in [2.05, 4.69) is 16.0 Å². The van der Waals surface area contributed by atoms with Gasteiger partial charge in [-0.3, -0.25) is 24.0 Å². The Morgan fingerprint density at radius 1 is 1.19 bits per heavy atom. The van der Waals surface area contributed by atoms with Crippen LogP contribution < -0.4 is 21.7 Å². The molecule has 2 saturated heterocycles. The number of nitrogens with zero attached hydrogens (tertiary/aromatic N) is 1. The summed E-state index contributed by atoms with van der Waals surface area (Å²) in [5, 5.41) is 7.47. The van der Waals surface area contributed by atoms with Crippen molar-refractivity contribution in [2.75, 3.05) is 25.0 Å². The van der Waals surface area contributed by atoms with Gasteiger partial charge < -0.3 is 26.6 Å². The second kappa shape index (κ2) is 9.67. The molecule has 10 nitrogen and oxygen atoms in total. The van der Waals surface area contributed by atoms with Gasteiger partial charge in [-0.2, -0.15) is 0 Å². The maximum absolute atomic E-state index is 14.0. The molecule has 5 N–H and O–H groups in total. The minimum atomic E-state index is -1.35. The van der Waals surface area contributed by atoms with Gasteiger partial charge in [0.2, 0.25) is 23.5 Å². The van der Waals surface area contributed by atoms with Crippen molar-refractivity contribution in [1.29, 1.82) is 0 Å². The number of carbonyl (C=O) groups is 5. The normalized spacial score (nSPS) is 26.2. The van der Waals surface area contributed by atoms with E-state index < -0.39 is 71.2 Å². The number of fused-ring (bicyclic) bond motifs is 1. The second-order valence-electron chi connectivity index (χ2n) is 10.3. The van der Waals surface area contributed by atoms with Gasteiger partial charge in [0.15, 0.2) is 11.6 Å². The number of hydrogen-bond acceptors (Lipinski definition) is 6. The van der Waals surface area contributed by atoms with Gasteiger partial charge in [-0.1, -0.05) is 13.8 Å². The summed E-state index contributed by atoms with van der Waals surface area (Å²) in [5.41, 5.74) is 4.20. The number of carbonyl (C=O) groups excluding carboxylic acids is 5. The fourth-order valence-electron chi connectivity index (χ4n) is 5.63. The summed E-state index contributed by atoms with van der Waals surface area (Å²) in [5.74, 6) is -8.37.